The summed E-state index contributed by atoms with van der Waals surface area (Å²) in [5.74, 6) is 2.21. The minimum atomic E-state index is 0.268. The molecule has 1 aromatic rings. The number of hydrogen-bond acceptors (Lipinski definition) is 2. The summed E-state index contributed by atoms with van der Waals surface area (Å²) in [5.41, 5.74) is 2.99. The molecule has 0 heterocycles. The Bertz CT molecular complexity index is 439. The van der Waals surface area contributed by atoms with E-state index in [-0.39, 0.29) is 6.10 Å². The number of aryl methyl sites for hydroxylation is 2. The highest BCUT2D eigenvalue weighted by Crippen LogP contribution is 2.36. The standard InChI is InChI=1S/C15H19BO2/c1-9-5-13(6-10(2)15(9)16)18-14-7-12(8-14)11(3)17-4/h5-6,12,14H,3,7-8H2,1-2,4H3. The van der Waals surface area contributed by atoms with Gasteiger partial charge in [0.05, 0.1) is 12.9 Å². The molecule has 2 rings (SSSR count). The maximum Gasteiger partial charge on any atom is 0.120 e. The zero-order valence-electron chi connectivity index (χ0n) is 11.3. The number of ether oxygens (including phenoxy) is 2. The highest BCUT2D eigenvalue weighted by atomic mass is 16.5. The zero-order chi connectivity index (χ0) is 13.3. The Kier molecular flexibility index (Phi) is 3.69. The van der Waals surface area contributed by atoms with E-state index in [1.165, 1.54) is 0 Å². The van der Waals surface area contributed by atoms with Crippen LogP contribution in [0.1, 0.15) is 24.0 Å². The van der Waals surface area contributed by atoms with Crippen LogP contribution in [0, 0.1) is 19.8 Å². The first-order valence-electron chi connectivity index (χ1n) is 6.27. The number of rotatable bonds is 4. The van der Waals surface area contributed by atoms with E-state index in [0.717, 1.165) is 40.9 Å². The van der Waals surface area contributed by atoms with E-state index < -0.39 is 0 Å². The molecular formula is C15H19BO2. The normalized spacial score (nSPS) is 22.2. The fourth-order valence-electron chi connectivity index (χ4n) is 2.29. The van der Waals surface area contributed by atoms with Crippen molar-refractivity contribution in [3.8, 4) is 5.75 Å². The molecule has 0 bridgehead atoms. The van der Waals surface area contributed by atoms with Gasteiger partial charge < -0.3 is 9.47 Å². The van der Waals surface area contributed by atoms with Gasteiger partial charge in [-0.2, -0.15) is 0 Å². The van der Waals surface area contributed by atoms with Crippen LogP contribution in [0.4, 0.5) is 0 Å². The van der Waals surface area contributed by atoms with Gasteiger partial charge in [-0.3, -0.25) is 0 Å². The number of hydrogen-bond donors (Lipinski definition) is 0. The molecule has 0 saturated heterocycles. The van der Waals surface area contributed by atoms with Crippen molar-refractivity contribution in [1.29, 1.82) is 0 Å². The van der Waals surface area contributed by atoms with Gasteiger partial charge in [0.2, 0.25) is 0 Å². The quantitative estimate of drug-likeness (QED) is 0.596. The lowest BCUT2D eigenvalue weighted by atomic mass is 9.81. The van der Waals surface area contributed by atoms with Crippen molar-refractivity contribution in [2.24, 2.45) is 5.92 Å². The monoisotopic (exact) mass is 242 g/mol. The third kappa shape index (κ3) is 2.55. The Hall–Kier alpha value is -1.38. The largest absolute Gasteiger partial charge is 0.501 e. The van der Waals surface area contributed by atoms with E-state index in [4.69, 9.17) is 17.3 Å². The SMILES string of the molecule is [B]c1c(C)cc(OC2CC(C(=C)OC)C2)cc1C. The lowest BCUT2D eigenvalue weighted by Gasteiger charge is -2.35. The average molecular weight is 242 g/mol. The third-order valence-corrected chi connectivity index (χ3v) is 3.68. The molecule has 94 valence electrons. The van der Waals surface area contributed by atoms with Gasteiger partial charge in [-0.15, -0.1) is 0 Å². The number of methoxy groups -OCH3 is 1. The third-order valence-electron chi connectivity index (χ3n) is 3.68. The molecule has 3 heteroatoms. The van der Waals surface area contributed by atoms with Gasteiger partial charge >= 0.3 is 0 Å². The minimum Gasteiger partial charge on any atom is -0.501 e. The maximum atomic E-state index is 5.94. The van der Waals surface area contributed by atoms with E-state index in [2.05, 4.69) is 6.58 Å². The summed E-state index contributed by atoms with van der Waals surface area (Å²) in [6, 6.07) is 4.00. The Labute approximate surface area is 110 Å². The molecule has 1 aromatic carbocycles. The molecule has 0 spiro atoms. The van der Waals surface area contributed by atoms with Crippen molar-refractivity contribution in [2.75, 3.05) is 7.11 Å². The fourth-order valence-corrected chi connectivity index (χ4v) is 2.29. The Morgan fingerprint density at radius 2 is 1.83 bits per heavy atom. The second-order valence-corrected chi connectivity index (χ2v) is 5.05. The van der Waals surface area contributed by atoms with Crippen molar-refractivity contribution >= 4 is 13.3 Å². The summed E-state index contributed by atoms with van der Waals surface area (Å²) >= 11 is 0. The Balaban J connectivity index is 1.95. The van der Waals surface area contributed by atoms with E-state index >= 15 is 0 Å². The van der Waals surface area contributed by atoms with Crippen molar-refractivity contribution in [2.45, 2.75) is 32.8 Å². The van der Waals surface area contributed by atoms with Gasteiger partial charge in [0, 0.05) is 5.92 Å². The van der Waals surface area contributed by atoms with E-state index in [1.54, 1.807) is 7.11 Å². The summed E-state index contributed by atoms with van der Waals surface area (Å²) in [5, 5.41) is 0. The molecule has 0 unspecified atom stereocenters. The molecule has 0 N–H and O–H groups in total. The van der Waals surface area contributed by atoms with Crippen molar-refractivity contribution in [3.05, 3.63) is 35.6 Å². The molecule has 18 heavy (non-hydrogen) atoms. The molecule has 2 nitrogen and oxygen atoms in total. The zero-order valence-corrected chi connectivity index (χ0v) is 11.3. The first kappa shape index (κ1) is 13.1. The smallest absolute Gasteiger partial charge is 0.120 e. The van der Waals surface area contributed by atoms with Crippen molar-refractivity contribution in [1.82, 2.24) is 0 Å². The maximum absolute atomic E-state index is 5.94. The molecule has 0 aliphatic heterocycles. The van der Waals surface area contributed by atoms with Crippen LogP contribution >= 0.6 is 0 Å². The van der Waals surface area contributed by atoms with Crippen molar-refractivity contribution in [3.63, 3.8) is 0 Å². The van der Waals surface area contributed by atoms with Gasteiger partial charge in [0.1, 0.15) is 19.7 Å². The molecular weight excluding hydrogens is 223 g/mol. The summed E-state index contributed by atoms with van der Waals surface area (Å²) < 4.78 is 11.1. The molecule has 1 saturated carbocycles. The number of allylic oxidation sites excluding steroid dienone is 1. The van der Waals surface area contributed by atoms with E-state index in [1.807, 2.05) is 26.0 Å². The molecule has 0 aromatic heterocycles. The first-order chi connectivity index (χ1) is 8.51. The Morgan fingerprint density at radius 3 is 2.33 bits per heavy atom. The molecule has 0 atom stereocenters. The van der Waals surface area contributed by atoms with Gasteiger partial charge in [-0.25, -0.2) is 0 Å². The van der Waals surface area contributed by atoms with Crippen LogP contribution < -0.4 is 10.2 Å². The lowest BCUT2D eigenvalue weighted by molar-refractivity contribution is 0.0539. The fraction of sp³-hybridized carbons (Fsp3) is 0.467. The minimum absolute atomic E-state index is 0.268. The molecule has 1 fully saturated rings. The molecule has 1 aliphatic carbocycles. The van der Waals surface area contributed by atoms with Crippen LogP contribution in [0.5, 0.6) is 5.75 Å². The van der Waals surface area contributed by atoms with Gasteiger partial charge in [0.15, 0.2) is 0 Å². The summed E-state index contributed by atoms with van der Waals surface area (Å²) in [6.45, 7) is 7.89. The van der Waals surface area contributed by atoms with Crippen LogP contribution in [0.2, 0.25) is 0 Å². The molecule has 2 radical (unpaired) electrons. The van der Waals surface area contributed by atoms with Gasteiger partial charge in [-0.05, 0) is 38.8 Å². The average Bonchev–Trinajstić information content (AvgIpc) is 2.29. The van der Waals surface area contributed by atoms with E-state index in [0.29, 0.717) is 5.92 Å². The van der Waals surface area contributed by atoms with Crippen LogP contribution in [-0.2, 0) is 4.74 Å². The molecule has 0 amide bonds. The second kappa shape index (κ2) is 5.09. The van der Waals surface area contributed by atoms with Gasteiger partial charge in [0.25, 0.3) is 0 Å². The predicted molar refractivity (Wildman–Crippen MR) is 74.6 cm³/mol. The highest BCUT2D eigenvalue weighted by molar-refractivity contribution is 6.34. The summed E-state index contributed by atoms with van der Waals surface area (Å²) in [7, 11) is 7.59. The van der Waals surface area contributed by atoms with Crippen LogP contribution in [0.15, 0.2) is 24.5 Å². The van der Waals surface area contributed by atoms with Gasteiger partial charge in [-0.1, -0.05) is 23.2 Å². The van der Waals surface area contributed by atoms with Crippen LogP contribution in [0.25, 0.3) is 0 Å². The molecule has 1 aliphatic rings. The summed E-state index contributed by atoms with van der Waals surface area (Å²) in [4.78, 5) is 0. The topological polar surface area (TPSA) is 18.5 Å². The lowest BCUT2D eigenvalue weighted by Crippen LogP contribution is -2.35. The van der Waals surface area contributed by atoms with E-state index in [9.17, 15) is 0 Å². The first-order valence-corrected chi connectivity index (χ1v) is 6.27. The van der Waals surface area contributed by atoms with Crippen molar-refractivity contribution < 1.29 is 9.47 Å². The predicted octanol–water partition coefficient (Wildman–Crippen LogP) is 2.41. The number of benzene rings is 1. The van der Waals surface area contributed by atoms with Crippen LogP contribution in [0.3, 0.4) is 0 Å². The second-order valence-electron chi connectivity index (χ2n) is 5.05. The van der Waals surface area contributed by atoms with Crippen LogP contribution in [-0.4, -0.2) is 21.1 Å². The summed E-state index contributed by atoms with van der Waals surface area (Å²) in [6.07, 6.45) is 2.23. The Morgan fingerprint density at radius 1 is 1.28 bits per heavy atom. The highest BCUT2D eigenvalue weighted by Gasteiger charge is 2.33.